The average molecular weight is 390 g/mol. The molecule has 2 fully saturated rings. The first-order valence-corrected chi connectivity index (χ1v) is 10.4. The maximum atomic E-state index is 5.44. The van der Waals surface area contributed by atoms with E-state index in [1.165, 1.54) is 16.5 Å². The zero-order valence-electron chi connectivity index (χ0n) is 16.5. The summed E-state index contributed by atoms with van der Waals surface area (Å²) in [5.74, 6) is 1.87. The van der Waals surface area contributed by atoms with Crippen LogP contribution in [0.5, 0.6) is 0 Å². The van der Waals surface area contributed by atoms with Crippen molar-refractivity contribution in [3.05, 3.63) is 49.1 Å². The molecule has 2 saturated heterocycles. The maximum absolute atomic E-state index is 5.44. The maximum Gasteiger partial charge on any atom is 0.134 e. The highest BCUT2D eigenvalue weighted by atomic mass is 16.5. The number of aromatic nitrogens is 3. The number of rotatable bonds is 4. The number of anilines is 3. The van der Waals surface area contributed by atoms with E-state index in [1.807, 2.05) is 12.4 Å². The van der Waals surface area contributed by atoms with Crippen LogP contribution in [0, 0.1) is 0 Å². The summed E-state index contributed by atoms with van der Waals surface area (Å²) < 4.78 is 5.44. The predicted octanol–water partition coefficient (Wildman–Crippen LogP) is 2.94. The van der Waals surface area contributed by atoms with Crippen LogP contribution in [-0.2, 0) is 4.74 Å². The van der Waals surface area contributed by atoms with Gasteiger partial charge in [-0.1, -0.05) is 6.07 Å². The quantitative estimate of drug-likeness (QED) is 0.735. The molecular formula is C22H26N6O. The molecule has 4 heterocycles. The lowest BCUT2D eigenvalue weighted by Gasteiger charge is -2.35. The van der Waals surface area contributed by atoms with Gasteiger partial charge in [0.25, 0.3) is 0 Å². The normalized spacial score (nSPS) is 20.1. The lowest BCUT2D eigenvalue weighted by molar-refractivity contribution is 0.122. The second-order valence-electron chi connectivity index (χ2n) is 7.70. The fourth-order valence-corrected chi connectivity index (χ4v) is 4.20. The van der Waals surface area contributed by atoms with Crippen molar-refractivity contribution >= 4 is 28.1 Å². The molecule has 7 heteroatoms. The summed E-state index contributed by atoms with van der Waals surface area (Å²) in [6, 6.07) is 11.1. The third kappa shape index (κ3) is 4.10. The Morgan fingerprint density at radius 2 is 1.90 bits per heavy atom. The molecule has 1 N–H and O–H groups in total. The Balaban J connectivity index is 1.28. The number of hydrogen-bond donors (Lipinski definition) is 1. The molecule has 1 aromatic carbocycles. The van der Waals surface area contributed by atoms with Crippen LogP contribution < -0.4 is 15.1 Å². The van der Waals surface area contributed by atoms with Gasteiger partial charge >= 0.3 is 0 Å². The van der Waals surface area contributed by atoms with E-state index >= 15 is 0 Å². The molecule has 2 aliphatic heterocycles. The highest BCUT2D eigenvalue weighted by molar-refractivity contribution is 5.85. The molecule has 0 spiro atoms. The Labute approximate surface area is 170 Å². The monoisotopic (exact) mass is 390 g/mol. The summed E-state index contributed by atoms with van der Waals surface area (Å²) in [6.07, 6.45) is 7.74. The molecule has 1 atom stereocenters. The van der Waals surface area contributed by atoms with Gasteiger partial charge in [-0.05, 0) is 36.4 Å². The van der Waals surface area contributed by atoms with E-state index in [4.69, 9.17) is 4.74 Å². The first-order valence-electron chi connectivity index (χ1n) is 10.4. The Bertz CT molecular complexity index is 974. The summed E-state index contributed by atoms with van der Waals surface area (Å²) in [5.41, 5.74) is 1.26. The molecule has 29 heavy (non-hydrogen) atoms. The average Bonchev–Trinajstić information content (AvgIpc) is 2.80. The van der Waals surface area contributed by atoms with E-state index in [2.05, 4.69) is 60.4 Å². The van der Waals surface area contributed by atoms with Crippen LogP contribution in [0.25, 0.3) is 10.8 Å². The summed E-state index contributed by atoms with van der Waals surface area (Å²) in [7, 11) is 0. The third-order valence-corrected chi connectivity index (χ3v) is 5.75. The molecule has 2 aliphatic rings. The van der Waals surface area contributed by atoms with E-state index in [1.54, 1.807) is 6.33 Å². The van der Waals surface area contributed by atoms with E-state index in [0.29, 0.717) is 6.04 Å². The topological polar surface area (TPSA) is 66.4 Å². The van der Waals surface area contributed by atoms with Gasteiger partial charge in [0.2, 0.25) is 0 Å². The molecule has 3 aromatic rings. The number of morpholine rings is 1. The molecule has 0 saturated carbocycles. The standard InChI is InChI=1S/C22H26N6O/c1-2-19(26-21-13-22(25-16-24-21)27-8-10-29-11-9-27)15-28(7-1)20-4-3-17-5-6-23-14-18(17)12-20/h3-6,12-14,16,19H,1-2,7-11,15H2,(H,24,25,26)/t19-/m1/s1. The fraction of sp³-hybridized carbons (Fsp3) is 0.409. The van der Waals surface area contributed by atoms with Crippen LogP contribution >= 0.6 is 0 Å². The largest absolute Gasteiger partial charge is 0.378 e. The number of nitrogens with one attached hydrogen (secondary N) is 1. The van der Waals surface area contributed by atoms with Crippen LogP contribution in [0.15, 0.2) is 49.1 Å². The van der Waals surface area contributed by atoms with Gasteiger partial charge in [-0.25, -0.2) is 9.97 Å². The van der Waals surface area contributed by atoms with E-state index in [0.717, 1.165) is 63.9 Å². The van der Waals surface area contributed by atoms with Crippen molar-refractivity contribution in [1.29, 1.82) is 0 Å². The van der Waals surface area contributed by atoms with Crippen molar-refractivity contribution in [3.63, 3.8) is 0 Å². The minimum atomic E-state index is 0.362. The Hall–Kier alpha value is -2.93. The van der Waals surface area contributed by atoms with Crippen LogP contribution in [0.1, 0.15) is 12.8 Å². The molecule has 150 valence electrons. The lowest BCUT2D eigenvalue weighted by Crippen LogP contribution is -2.42. The van der Waals surface area contributed by atoms with Crippen LogP contribution in [-0.4, -0.2) is 60.4 Å². The molecule has 2 aromatic heterocycles. The van der Waals surface area contributed by atoms with Gasteiger partial charge in [0.1, 0.15) is 18.0 Å². The second kappa shape index (κ2) is 8.21. The minimum Gasteiger partial charge on any atom is -0.378 e. The van der Waals surface area contributed by atoms with Crippen LogP contribution in [0.2, 0.25) is 0 Å². The molecular weight excluding hydrogens is 364 g/mol. The first-order chi connectivity index (χ1) is 14.3. The van der Waals surface area contributed by atoms with Crippen molar-refractivity contribution in [2.45, 2.75) is 18.9 Å². The molecule has 0 bridgehead atoms. The Morgan fingerprint density at radius 1 is 0.966 bits per heavy atom. The van der Waals surface area contributed by atoms with Crippen molar-refractivity contribution in [2.75, 3.05) is 54.5 Å². The lowest BCUT2D eigenvalue weighted by atomic mass is 10.0. The SMILES string of the molecule is c1cc2ccc(N3CCC[C@@H](Nc4cc(N5CCOCC5)ncn4)C3)cc2cn1. The molecule has 5 rings (SSSR count). The third-order valence-electron chi connectivity index (χ3n) is 5.75. The highest BCUT2D eigenvalue weighted by Crippen LogP contribution is 2.26. The summed E-state index contributed by atoms with van der Waals surface area (Å²) in [4.78, 5) is 17.9. The molecule has 7 nitrogen and oxygen atoms in total. The van der Waals surface area contributed by atoms with Gasteiger partial charge in [-0.2, -0.15) is 0 Å². The highest BCUT2D eigenvalue weighted by Gasteiger charge is 2.21. The van der Waals surface area contributed by atoms with Gasteiger partial charge in [-0.3, -0.25) is 4.98 Å². The number of fused-ring (bicyclic) bond motifs is 1. The number of ether oxygens (including phenoxy) is 1. The molecule has 0 radical (unpaired) electrons. The smallest absolute Gasteiger partial charge is 0.134 e. The first kappa shape index (κ1) is 18.1. The fourth-order valence-electron chi connectivity index (χ4n) is 4.20. The van der Waals surface area contributed by atoms with E-state index < -0.39 is 0 Å². The number of hydrogen-bond acceptors (Lipinski definition) is 7. The van der Waals surface area contributed by atoms with Crippen molar-refractivity contribution in [1.82, 2.24) is 15.0 Å². The Kier molecular flexibility index (Phi) is 5.13. The predicted molar refractivity (Wildman–Crippen MR) is 116 cm³/mol. The number of piperidine rings is 1. The van der Waals surface area contributed by atoms with Gasteiger partial charge in [0.15, 0.2) is 0 Å². The molecule has 0 unspecified atom stereocenters. The van der Waals surface area contributed by atoms with E-state index in [-0.39, 0.29) is 0 Å². The Morgan fingerprint density at radius 3 is 2.83 bits per heavy atom. The van der Waals surface area contributed by atoms with Gasteiger partial charge in [-0.15, -0.1) is 0 Å². The minimum absolute atomic E-state index is 0.362. The van der Waals surface area contributed by atoms with Crippen LogP contribution in [0.3, 0.4) is 0 Å². The zero-order valence-corrected chi connectivity index (χ0v) is 16.5. The summed E-state index contributed by atoms with van der Waals surface area (Å²) in [6.45, 7) is 5.31. The summed E-state index contributed by atoms with van der Waals surface area (Å²) >= 11 is 0. The molecule has 0 aliphatic carbocycles. The number of pyridine rings is 1. The van der Waals surface area contributed by atoms with Gasteiger partial charge in [0, 0.05) is 61.8 Å². The zero-order chi connectivity index (χ0) is 19.5. The van der Waals surface area contributed by atoms with Crippen molar-refractivity contribution < 1.29 is 4.74 Å². The number of benzene rings is 1. The van der Waals surface area contributed by atoms with Gasteiger partial charge in [0.05, 0.1) is 13.2 Å². The second-order valence-corrected chi connectivity index (χ2v) is 7.70. The van der Waals surface area contributed by atoms with Crippen molar-refractivity contribution in [3.8, 4) is 0 Å². The number of nitrogens with zero attached hydrogens (tertiary/aromatic N) is 5. The van der Waals surface area contributed by atoms with Crippen molar-refractivity contribution in [2.24, 2.45) is 0 Å². The van der Waals surface area contributed by atoms with Crippen LogP contribution in [0.4, 0.5) is 17.3 Å². The summed E-state index contributed by atoms with van der Waals surface area (Å²) in [5, 5.41) is 6.05. The van der Waals surface area contributed by atoms with E-state index in [9.17, 15) is 0 Å². The molecule has 0 amide bonds. The van der Waals surface area contributed by atoms with Gasteiger partial charge < -0.3 is 19.9 Å².